The number of hydrogen-bond acceptors (Lipinski definition) is 2. The third kappa shape index (κ3) is 5.40. The molecular weight excluding hydrogens is 340 g/mol. The summed E-state index contributed by atoms with van der Waals surface area (Å²) in [7, 11) is 0. The number of nitrogens with zero attached hydrogens (tertiary/aromatic N) is 2. The van der Waals surface area contributed by atoms with Crippen LogP contribution in [0.4, 0.5) is 0 Å². The molecule has 0 aromatic heterocycles. The molecule has 0 rings (SSSR count). The molecule has 2 nitrogen and oxygen atoms in total. The third-order valence-corrected chi connectivity index (χ3v) is 2.80. The average molecular weight is 348 g/mol. The van der Waals surface area contributed by atoms with E-state index in [1.54, 1.807) is 38.3 Å². The van der Waals surface area contributed by atoms with E-state index in [9.17, 15) is 0 Å². The zero-order valence-corrected chi connectivity index (χ0v) is 11.6. The quantitative estimate of drug-likeness (QED) is 0.729. The van der Waals surface area contributed by atoms with E-state index < -0.39 is 0 Å². The second-order valence-electron chi connectivity index (χ2n) is 2.48. The Morgan fingerprint density at radius 3 is 1.43 bits per heavy atom. The van der Waals surface area contributed by atoms with E-state index in [4.69, 9.17) is 10.5 Å². The van der Waals surface area contributed by atoms with E-state index in [0.717, 1.165) is 11.1 Å². The summed E-state index contributed by atoms with van der Waals surface area (Å²) in [5.41, 5.74) is 2.05. The predicted molar refractivity (Wildman–Crippen MR) is 44.5 cm³/mol. The van der Waals surface area contributed by atoms with Gasteiger partial charge in [0.15, 0.2) is 0 Å². The molecule has 0 aromatic rings. The summed E-state index contributed by atoms with van der Waals surface area (Å²) in [4.78, 5) is 0. The molecule has 0 radical (unpaired) electrons. The van der Waals surface area contributed by atoms with E-state index in [1.165, 1.54) is 0 Å². The van der Waals surface area contributed by atoms with Crippen LogP contribution in [0.1, 0.15) is 25.7 Å². The van der Waals surface area contributed by atoms with E-state index in [2.05, 4.69) is 20.5 Å². The fourth-order valence-corrected chi connectivity index (χ4v) is 2.00. The molecule has 70 valence electrons. The van der Waals surface area contributed by atoms with E-state index in [1.807, 2.05) is 0 Å². The van der Waals surface area contributed by atoms with Gasteiger partial charge in [-0.05, 0) is 0 Å². The standard InChI is InChI=1S/C10H8N2.2Mo/c1-9(5-3-7-11)10(2)6-4-8-12;;/h3-6H2;;/b10-9+;;. The maximum atomic E-state index is 8.47. The molecule has 0 aromatic carbocycles. The van der Waals surface area contributed by atoms with Gasteiger partial charge in [0, 0.05) is 0 Å². The van der Waals surface area contributed by atoms with Crippen LogP contribution < -0.4 is 0 Å². The molecule has 0 aliphatic heterocycles. The Morgan fingerprint density at radius 2 is 1.21 bits per heavy atom. The first-order valence-electron chi connectivity index (χ1n) is 4.02. The summed E-state index contributed by atoms with van der Waals surface area (Å²) in [6.45, 7) is 0. The molecule has 0 aliphatic carbocycles. The van der Waals surface area contributed by atoms with Gasteiger partial charge >= 0.3 is 106 Å². The minimum absolute atomic E-state index is 0.497. The molecule has 0 N–H and O–H groups in total. The van der Waals surface area contributed by atoms with Gasteiger partial charge in [-0.2, -0.15) is 0 Å². The van der Waals surface area contributed by atoms with Crippen LogP contribution in [-0.4, -0.2) is 0 Å². The molecule has 0 amide bonds. The van der Waals surface area contributed by atoms with Gasteiger partial charge < -0.3 is 0 Å². The van der Waals surface area contributed by atoms with Crippen LogP contribution in [0.5, 0.6) is 0 Å². The van der Waals surface area contributed by atoms with Crippen molar-refractivity contribution in [2.24, 2.45) is 0 Å². The Hall–Kier alpha value is -0.343. The number of nitriles is 2. The van der Waals surface area contributed by atoms with Gasteiger partial charge in [-0.3, -0.25) is 0 Å². The van der Waals surface area contributed by atoms with Crippen molar-refractivity contribution in [2.75, 3.05) is 0 Å². The predicted octanol–water partition coefficient (Wildman–Crippen LogP) is 1.90. The molecule has 0 fully saturated rings. The van der Waals surface area contributed by atoms with Crippen molar-refractivity contribution in [1.29, 1.82) is 10.5 Å². The zero-order chi connectivity index (χ0) is 10.8. The molecule has 4 heteroatoms. The minimum atomic E-state index is 0.497. The van der Waals surface area contributed by atoms with Crippen molar-refractivity contribution in [3.8, 4) is 20.5 Å². The van der Waals surface area contributed by atoms with Crippen LogP contribution in [0.2, 0.25) is 0 Å². The number of hydrogen-bond donors (Lipinski definition) is 0. The summed E-state index contributed by atoms with van der Waals surface area (Å²) in [5.74, 6) is 0. The molecule has 0 aliphatic rings. The Kier molecular flexibility index (Phi) is 8.99. The van der Waals surface area contributed by atoms with E-state index in [0.29, 0.717) is 25.7 Å². The van der Waals surface area contributed by atoms with Crippen LogP contribution in [-0.2, 0) is 38.3 Å². The molecule has 14 heavy (non-hydrogen) atoms. The number of allylic oxidation sites excluding steroid dienone is 2. The molecular formula is C10H8Mo2N2. The zero-order valence-electron chi connectivity index (χ0n) is 7.54. The Bertz CT molecular complexity index is 344. The molecule has 0 saturated carbocycles. The normalized spacial score (nSPS) is 10.0. The first kappa shape index (κ1) is 13.7. The van der Waals surface area contributed by atoms with Gasteiger partial charge in [0.1, 0.15) is 0 Å². The van der Waals surface area contributed by atoms with Gasteiger partial charge in [0.2, 0.25) is 0 Å². The van der Waals surface area contributed by atoms with Gasteiger partial charge in [0.25, 0.3) is 0 Å². The third-order valence-electron chi connectivity index (χ3n) is 1.58. The Morgan fingerprint density at radius 1 is 0.857 bits per heavy atom. The molecule has 0 heterocycles. The van der Waals surface area contributed by atoms with Crippen LogP contribution in [0.3, 0.4) is 0 Å². The maximum absolute atomic E-state index is 8.47. The first-order valence-corrected chi connectivity index (χ1v) is 6.03. The van der Waals surface area contributed by atoms with Crippen molar-refractivity contribution in [3.63, 3.8) is 0 Å². The summed E-state index contributed by atoms with van der Waals surface area (Å²) in [5, 5.41) is 16.9. The second-order valence-corrected chi connectivity index (χ2v) is 3.48. The van der Waals surface area contributed by atoms with Crippen molar-refractivity contribution in [2.45, 2.75) is 25.7 Å². The fourth-order valence-electron chi connectivity index (χ4n) is 0.889. The molecule has 0 atom stereocenters. The molecule has 0 saturated heterocycles. The molecule has 0 unspecified atom stereocenters. The average Bonchev–Trinajstić information content (AvgIpc) is 2.23. The molecule has 0 bridgehead atoms. The summed E-state index contributed by atoms with van der Waals surface area (Å²) < 4.78 is 6.13. The Balaban J connectivity index is 4.63. The van der Waals surface area contributed by atoms with Crippen LogP contribution in [0, 0.1) is 31.1 Å². The van der Waals surface area contributed by atoms with Crippen molar-refractivity contribution in [3.05, 3.63) is 11.1 Å². The van der Waals surface area contributed by atoms with Gasteiger partial charge in [-0.15, -0.1) is 0 Å². The van der Waals surface area contributed by atoms with Crippen LogP contribution in [0.25, 0.3) is 0 Å². The van der Waals surface area contributed by atoms with Gasteiger partial charge in [0.05, 0.1) is 0 Å². The van der Waals surface area contributed by atoms with Crippen molar-refractivity contribution < 1.29 is 38.3 Å². The molecule has 0 spiro atoms. The van der Waals surface area contributed by atoms with E-state index in [-0.39, 0.29) is 0 Å². The van der Waals surface area contributed by atoms with Crippen LogP contribution >= 0.6 is 0 Å². The topological polar surface area (TPSA) is 47.6 Å². The Labute approximate surface area is 106 Å². The monoisotopic (exact) mass is 352 g/mol. The second kappa shape index (κ2) is 9.22. The SMILES string of the molecule is N#CCC/C([C]#[Mo])=C(\[C]#[Mo])CCC#N. The van der Waals surface area contributed by atoms with Crippen molar-refractivity contribution in [1.82, 2.24) is 0 Å². The summed E-state index contributed by atoms with van der Waals surface area (Å²) >= 11 is 3.52. The van der Waals surface area contributed by atoms with E-state index >= 15 is 0 Å². The first-order chi connectivity index (χ1) is 6.79. The van der Waals surface area contributed by atoms with Gasteiger partial charge in [-0.1, -0.05) is 0 Å². The van der Waals surface area contributed by atoms with Crippen LogP contribution in [0.15, 0.2) is 11.1 Å². The summed E-state index contributed by atoms with van der Waals surface area (Å²) in [6.07, 6.45) is 2.41. The van der Waals surface area contributed by atoms with Gasteiger partial charge in [-0.25, -0.2) is 0 Å². The fraction of sp³-hybridized carbons (Fsp3) is 0.400. The summed E-state index contributed by atoms with van der Waals surface area (Å²) in [6, 6.07) is 4.21. The van der Waals surface area contributed by atoms with Crippen molar-refractivity contribution >= 4 is 0 Å². The number of rotatable bonds is 4.